The molecule has 0 aliphatic carbocycles. The number of hydrogen-bond donors (Lipinski definition) is 1. The van der Waals surface area contributed by atoms with Crippen molar-refractivity contribution in [3.8, 4) is 0 Å². The lowest BCUT2D eigenvalue weighted by atomic mass is 10.1. The van der Waals surface area contributed by atoms with Crippen LogP contribution in [0.5, 0.6) is 0 Å². The molecule has 0 saturated carbocycles. The zero-order chi connectivity index (χ0) is 14.4. The van der Waals surface area contributed by atoms with Gasteiger partial charge in [0, 0.05) is 43.7 Å². The molecule has 4 nitrogen and oxygen atoms in total. The highest BCUT2D eigenvalue weighted by Gasteiger charge is 2.23. The lowest BCUT2D eigenvalue weighted by Crippen LogP contribution is -2.48. The van der Waals surface area contributed by atoms with E-state index in [0.717, 1.165) is 43.3 Å². The van der Waals surface area contributed by atoms with Crippen LogP contribution in [-0.4, -0.2) is 73.1 Å². The molecular formula is C15H30N4S. The summed E-state index contributed by atoms with van der Waals surface area (Å²) in [7, 11) is 2.21. The molecule has 2 aliphatic heterocycles. The van der Waals surface area contributed by atoms with Crippen LogP contribution in [0, 0.1) is 5.92 Å². The second-order valence-corrected chi connectivity index (χ2v) is 7.37. The molecule has 1 N–H and O–H groups in total. The van der Waals surface area contributed by atoms with E-state index >= 15 is 0 Å². The van der Waals surface area contributed by atoms with E-state index in [9.17, 15) is 0 Å². The second-order valence-electron chi connectivity index (χ2n) is 5.96. The van der Waals surface area contributed by atoms with Gasteiger partial charge in [0.2, 0.25) is 0 Å². The summed E-state index contributed by atoms with van der Waals surface area (Å²) < 4.78 is 0. The molecule has 116 valence electrons. The third-order valence-corrected chi connectivity index (χ3v) is 5.59. The van der Waals surface area contributed by atoms with Crippen molar-refractivity contribution in [1.29, 1.82) is 0 Å². The van der Waals surface area contributed by atoms with E-state index in [0.29, 0.717) is 0 Å². The Kier molecular flexibility index (Phi) is 6.49. The van der Waals surface area contributed by atoms with Gasteiger partial charge in [-0.15, -0.1) is 0 Å². The predicted octanol–water partition coefficient (Wildman–Crippen LogP) is 1.73. The molecule has 2 fully saturated rings. The Balaban J connectivity index is 1.91. The monoisotopic (exact) mass is 298 g/mol. The third kappa shape index (κ3) is 4.55. The summed E-state index contributed by atoms with van der Waals surface area (Å²) in [5.74, 6) is 3.12. The minimum absolute atomic E-state index is 0.745. The second kappa shape index (κ2) is 8.13. The molecule has 0 aromatic rings. The van der Waals surface area contributed by atoms with Gasteiger partial charge < -0.3 is 15.1 Å². The Bertz CT molecular complexity index is 321. The topological polar surface area (TPSA) is 30.9 Å². The van der Waals surface area contributed by atoms with Crippen LogP contribution in [-0.2, 0) is 0 Å². The van der Waals surface area contributed by atoms with Crippen molar-refractivity contribution < 1.29 is 0 Å². The largest absolute Gasteiger partial charge is 0.357 e. The smallest absolute Gasteiger partial charge is 0.193 e. The van der Waals surface area contributed by atoms with E-state index in [2.05, 4.69) is 47.8 Å². The molecule has 2 rings (SSSR count). The number of thioether (sulfide) groups is 1. The average Bonchev–Trinajstić information content (AvgIpc) is 2.89. The van der Waals surface area contributed by atoms with E-state index in [1.165, 1.54) is 31.7 Å². The molecule has 0 spiro atoms. The van der Waals surface area contributed by atoms with Gasteiger partial charge in [-0.05, 0) is 39.3 Å². The normalized spacial score (nSPS) is 28.9. The summed E-state index contributed by atoms with van der Waals surface area (Å²) in [6.45, 7) is 11.1. The fourth-order valence-electron chi connectivity index (χ4n) is 2.98. The fraction of sp³-hybridized carbons (Fsp3) is 0.933. The number of hydrogen-bond acceptors (Lipinski definition) is 3. The van der Waals surface area contributed by atoms with E-state index in [1.807, 2.05) is 0 Å². The van der Waals surface area contributed by atoms with Crippen LogP contribution in [0.15, 0.2) is 4.99 Å². The molecule has 5 heteroatoms. The van der Waals surface area contributed by atoms with Gasteiger partial charge in [0.25, 0.3) is 0 Å². The number of guanidine groups is 1. The zero-order valence-electron chi connectivity index (χ0n) is 13.3. The molecule has 2 atom stereocenters. The molecular weight excluding hydrogens is 268 g/mol. The van der Waals surface area contributed by atoms with Gasteiger partial charge in [-0.25, -0.2) is 0 Å². The van der Waals surface area contributed by atoms with E-state index in [1.54, 1.807) is 0 Å². The molecule has 0 aromatic heterocycles. The minimum atomic E-state index is 0.745. The lowest BCUT2D eigenvalue weighted by Gasteiger charge is -2.34. The maximum atomic E-state index is 4.92. The number of rotatable bonds is 4. The van der Waals surface area contributed by atoms with Crippen molar-refractivity contribution >= 4 is 17.7 Å². The SMILES string of the molecule is CCNC(=NCC1CCN(C)C1)N1CCSC(CC)C1. The third-order valence-electron chi connectivity index (χ3n) is 4.22. The van der Waals surface area contributed by atoms with Crippen molar-refractivity contribution in [1.82, 2.24) is 15.1 Å². The Morgan fingerprint density at radius 1 is 1.30 bits per heavy atom. The van der Waals surface area contributed by atoms with Crippen LogP contribution in [0.4, 0.5) is 0 Å². The number of aliphatic imine (C=N–C) groups is 1. The maximum Gasteiger partial charge on any atom is 0.193 e. The molecule has 0 amide bonds. The fourth-order valence-corrected chi connectivity index (χ4v) is 4.16. The summed E-state index contributed by atoms with van der Waals surface area (Å²) in [6, 6.07) is 0. The molecule has 0 bridgehead atoms. The van der Waals surface area contributed by atoms with Gasteiger partial charge in [-0.2, -0.15) is 11.8 Å². The van der Waals surface area contributed by atoms with Gasteiger partial charge in [-0.3, -0.25) is 4.99 Å². The first-order valence-electron chi connectivity index (χ1n) is 8.06. The van der Waals surface area contributed by atoms with Crippen molar-refractivity contribution in [2.45, 2.75) is 31.9 Å². The van der Waals surface area contributed by atoms with E-state index in [4.69, 9.17) is 4.99 Å². The van der Waals surface area contributed by atoms with Gasteiger partial charge in [-0.1, -0.05) is 6.92 Å². The summed E-state index contributed by atoms with van der Waals surface area (Å²) in [5.41, 5.74) is 0. The highest BCUT2D eigenvalue weighted by Crippen LogP contribution is 2.21. The van der Waals surface area contributed by atoms with E-state index in [-0.39, 0.29) is 0 Å². The van der Waals surface area contributed by atoms with Crippen LogP contribution in [0.1, 0.15) is 26.7 Å². The van der Waals surface area contributed by atoms with Crippen LogP contribution in [0.2, 0.25) is 0 Å². The summed E-state index contributed by atoms with van der Waals surface area (Å²) >= 11 is 2.12. The standard InChI is InChI=1S/C15H30N4S/c1-4-14-12-19(8-9-20-14)15(16-5-2)17-10-13-6-7-18(3)11-13/h13-14H,4-12H2,1-3H3,(H,16,17). The van der Waals surface area contributed by atoms with Gasteiger partial charge in [0.15, 0.2) is 5.96 Å². The first kappa shape index (κ1) is 16.0. The van der Waals surface area contributed by atoms with Gasteiger partial charge >= 0.3 is 0 Å². The van der Waals surface area contributed by atoms with Crippen LogP contribution < -0.4 is 5.32 Å². The molecule has 2 aliphatic rings. The Hall–Kier alpha value is -0.420. The van der Waals surface area contributed by atoms with Crippen LogP contribution in [0.25, 0.3) is 0 Å². The molecule has 2 heterocycles. The highest BCUT2D eigenvalue weighted by molar-refractivity contribution is 8.00. The molecule has 2 saturated heterocycles. The highest BCUT2D eigenvalue weighted by atomic mass is 32.2. The maximum absolute atomic E-state index is 4.92. The number of nitrogens with one attached hydrogen (secondary N) is 1. The van der Waals surface area contributed by atoms with Crippen molar-refractivity contribution in [2.24, 2.45) is 10.9 Å². The quantitative estimate of drug-likeness (QED) is 0.632. The first-order chi connectivity index (χ1) is 9.72. The van der Waals surface area contributed by atoms with Crippen LogP contribution in [0.3, 0.4) is 0 Å². The van der Waals surface area contributed by atoms with E-state index < -0.39 is 0 Å². The summed E-state index contributed by atoms with van der Waals surface area (Å²) in [5, 5.41) is 4.25. The predicted molar refractivity (Wildman–Crippen MR) is 89.7 cm³/mol. The van der Waals surface area contributed by atoms with Crippen molar-refractivity contribution in [3.63, 3.8) is 0 Å². The Morgan fingerprint density at radius 3 is 2.80 bits per heavy atom. The zero-order valence-corrected chi connectivity index (χ0v) is 14.1. The molecule has 20 heavy (non-hydrogen) atoms. The van der Waals surface area contributed by atoms with Gasteiger partial charge in [0.05, 0.1) is 0 Å². The van der Waals surface area contributed by atoms with Gasteiger partial charge in [0.1, 0.15) is 0 Å². The molecule has 0 aromatic carbocycles. The average molecular weight is 299 g/mol. The Morgan fingerprint density at radius 2 is 2.15 bits per heavy atom. The van der Waals surface area contributed by atoms with Crippen LogP contribution >= 0.6 is 11.8 Å². The van der Waals surface area contributed by atoms with Crippen molar-refractivity contribution in [2.75, 3.05) is 52.1 Å². The summed E-state index contributed by atoms with van der Waals surface area (Å²) in [4.78, 5) is 9.80. The molecule has 0 radical (unpaired) electrons. The number of likely N-dealkylation sites (tertiary alicyclic amines) is 1. The van der Waals surface area contributed by atoms with Crippen molar-refractivity contribution in [3.05, 3.63) is 0 Å². The molecule has 2 unspecified atom stereocenters. The number of nitrogens with zero attached hydrogens (tertiary/aromatic N) is 3. The summed E-state index contributed by atoms with van der Waals surface area (Å²) in [6.07, 6.45) is 2.56. The first-order valence-corrected chi connectivity index (χ1v) is 9.11. The minimum Gasteiger partial charge on any atom is -0.357 e. The Labute approximate surface area is 128 Å². The lowest BCUT2D eigenvalue weighted by molar-refractivity contribution is 0.391.